The van der Waals surface area contributed by atoms with Crippen LogP contribution < -0.4 is 5.32 Å². The van der Waals surface area contributed by atoms with Crippen molar-refractivity contribution in [2.45, 2.75) is 26.0 Å². The molecule has 3 nitrogen and oxygen atoms in total. The minimum absolute atomic E-state index is 0. The van der Waals surface area contributed by atoms with Crippen molar-refractivity contribution in [2.75, 3.05) is 32.8 Å². The summed E-state index contributed by atoms with van der Waals surface area (Å²) in [6.45, 7) is 9.92. The highest BCUT2D eigenvalue weighted by Gasteiger charge is 2.41. The van der Waals surface area contributed by atoms with Gasteiger partial charge in [0.1, 0.15) is 5.72 Å². The van der Waals surface area contributed by atoms with Crippen LogP contribution in [0.25, 0.3) is 0 Å². The maximum Gasteiger partial charge on any atom is 0.120 e. The Morgan fingerprint density at radius 3 is 2.86 bits per heavy atom. The molecule has 2 saturated heterocycles. The quantitative estimate of drug-likeness (QED) is 0.754. The molecule has 0 aromatic heterocycles. The first-order valence-electron chi connectivity index (χ1n) is 5.36. The van der Waals surface area contributed by atoms with E-state index < -0.39 is 0 Å². The molecule has 0 aromatic carbocycles. The van der Waals surface area contributed by atoms with Crippen LogP contribution in [0.2, 0.25) is 0 Å². The van der Waals surface area contributed by atoms with Crippen LogP contribution >= 0.6 is 12.4 Å². The molecule has 0 bridgehead atoms. The Morgan fingerprint density at radius 1 is 1.57 bits per heavy atom. The zero-order valence-corrected chi connectivity index (χ0v) is 9.90. The third-order valence-corrected chi connectivity index (χ3v) is 3.48. The summed E-state index contributed by atoms with van der Waals surface area (Å²) in [6, 6.07) is 0. The van der Waals surface area contributed by atoms with Crippen LogP contribution in [-0.4, -0.2) is 43.4 Å². The zero-order chi connectivity index (χ0) is 9.31. The predicted molar refractivity (Wildman–Crippen MR) is 59.8 cm³/mol. The van der Waals surface area contributed by atoms with E-state index in [-0.39, 0.29) is 18.1 Å². The van der Waals surface area contributed by atoms with E-state index in [9.17, 15) is 0 Å². The van der Waals surface area contributed by atoms with E-state index in [1.807, 2.05) is 0 Å². The molecule has 0 saturated carbocycles. The summed E-state index contributed by atoms with van der Waals surface area (Å²) >= 11 is 0. The van der Waals surface area contributed by atoms with Gasteiger partial charge in [0.15, 0.2) is 0 Å². The SMILES string of the molecule is CCN1CCC(C2(C)NCCO2)C1.Cl. The molecule has 4 heteroatoms. The van der Waals surface area contributed by atoms with Gasteiger partial charge in [0.2, 0.25) is 0 Å². The fraction of sp³-hybridized carbons (Fsp3) is 1.00. The first-order chi connectivity index (χ1) is 6.24. The highest BCUT2D eigenvalue weighted by molar-refractivity contribution is 5.85. The molecule has 0 aromatic rings. The first kappa shape index (κ1) is 12.2. The molecule has 0 spiro atoms. The lowest BCUT2D eigenvalue weighted by molar-refractivity contribution is -0.0394. The average molecular weight is 221 g/mol. The van der Waals surface area contributed by atoms with Gasteiger partial charge in [-0.1, -0.05) is 6.92 Å². The van der Waals surface area contributed by atoms with Gasteiger partial charge in [-0.25, -0.2) is 0 Å². The third kappa shape index (κ3) is 2.22. The summed E-state index contributed by atoms with van der Waals surface area (Å²) < 4.78 is 5.78. The lowest BCUT2D eigenvalue weighted by Gasteiger charge is -2.30. The number of halogens is 1. The van der Waals surface area contributed by atoms with Crippen LogP contribution in [0.15, 0.2) is 0 Å². The zero-order valence-electron chi connectivity index (χ0n) is 9.08. The van der Waals surface area contributed by atoms with Crippen LogP contribution in [0.5, 0.6) is 0 Å². The summed E-state index contributed by atoms with van der Waals surface area (Å²) in [5, 5.41) is 3.47. The molecule has 0 aliphatic carbocycles. The average Bonchev–Trinajstić information content (AvgIpc) is 2.72. The smallest absolute Gasteiger partial charge is 0.120 e. The Balaban J connectivity index is 0.000000980. The van der Waals surface area contributed by atoms with Gasteiger partial charge in [0.25, 0.3) is 0 Å². The molecule has 2 atom stereocenters. The van der Waals surface area contributed by atoms with E-state index in [2.05, 4.69) is 24.1 Å². The number of ether oxygens (including phenoxy) is 1. The predicted octanol–water partition coefficient (Wildman–Crippen LogP) is 1.09. The van der Waals surface area contributed by atoms with Gasteiger partial charge in [0, 0.05) is 19.0 Å². The minimum atomic E-state index is -0.0378. The Bertz CT molecular complexity index is 183. The number of nitrogens with one attached hydrogen (secondary N) is 1. The summed E-state index contributed by atoms with van der Waals surface area (Å²) in [6.07, 6.45) is 1.28. The Kier molecular flexibility index (Phi) is 4.19. The summed E-state index contributed by atoms with van der Waals surface area (Å²) in [5.74, 6) is 0.676. The van der Waals surface area contributed by atoms with E-state index in [1.54, 1.807) is 0 Å². The van der Waals surface area contributed by atoms with Crippen molar-refractivity contribution in [3.63, 3.8) is 0 Å². The molecule has 2 unspecified atom stereocenters. The highest BCUT2D eigenvalue weighted by atomic mass is 35.5. The third-order valence-electron chi connectivity index (χ3n) is 3.48. The fourth-order valence-corrected chi connectivity index (χ4v) is 2.45. The van der Waals surface area contributed by atoms with Gasteiger partial charge in [0.05, 0.1) is 6.61 Å². The van der Waals surface area contributed by atoms with Crippen LogP contribution in [0.4, 0.5) is 0 Å². The van der Waals surface area contributed by atoms with E-state index in [4.69, 9.17) is 4.74 Å². The number of nitrogens with zero attached hydrogens (tertiary/aromatic N) is 1. The lowest BCUT2D eigenvalue weighted by atomic mass is 9.97. The first-order valence-corrected chi connectivity index (χ1v) is 5.36. The molecular weight excluding hydrogens is 200 g/mol. The van der Waals surface area contributed by atoms with E-state index in [0.29, 0.717) is 5.92 Å². The second-order valence-corrected chi connectivity index (χ2v) is 4.26. The molecule has 2 aliphatic heterocycles. The summed E-state index contributed by atoms with van der Waals surface area (Å²) in [4.78, 5) is 2.50. The monoisotopic (exact) mass is 220 g/mol. The van der Waals surface area contributed by atoms with Crippen molar-refractivity contribution in [1.29, 1.82) is 0 Å². The van der Waals surface area contributed by atoms with Crippen molar-refractivity contribution in [3.05, 3.63) is 0 Å². The molecular formula is C10H21ClN2O. The van der Waals surface area contributed by atoms with Crippen molar-refractivity contribution in [3.8, 4) is 0 Å². The number of rotatable bonds is 2. The number of likely N-dealkylation sites (tertiary alicyclic amines) is 1. The Labute approximate surface area is 92.6 Å². The molecule has 1 N–H and O–H groups in total. The molecule has 2 rings (SSSR count). The van der Waals surface area contributed by atoms with Gasteiger partial charge < -0.3 is 9.64 Å². The molecule has 2 aliphatic rings. The standard InChI is InChI=1S/C10H20N2O.ClH/c1-3-12-6-4-9(8-12)10(2)11-5-7-13-10;/h9,11H,3-8H2,1-2H3;1H. The lowest BCUT2D eigenvalue weighted by Crippen LogP contribution is -2.46. The second-order valence-electron chi connectivity index (χ2n) is 4.26. The van der Waals surface area contributed by atoms with Gasteiger partial charge in [-0.2, -0.15) is 0 Å². The van der Waals surface area contributed by atoms with Gasteiger partial charge >= 0.3 is 0 Å². The summed E-state index contributed by atoms with van der Waals surface area (Å²) in [5.41, 5.74) is -0.0378. The van der Waals surface area contributed by atoms with Crippen LogP contribution in [0.1, 0.15) is 20.3 Å². The van der Waals surface area contributed by atoms with Gasteiger partial charge in [-0.15, -0.1) is 12.4 Å². The summed E-state index contributed by atoms with van der Waals surface area (Å²) in [7, 11) is 0. The second kappa shape index (κ2) is 4.79. The normalized spacial score (nSPS) is 38.6. The van der Waals surface area contributed by atoms with Crippen LogP contribution in [0.3, 0.4) is 0 Å². The van der Waals surface area contributed by atoms with Crippen molar-refractivity contribution >= 4 is 12.4 Å². The van der Waals surface area contributed by atoms with Crippen molar-refractivity contribution in [2.24, 2.45) is 5.92 Å². The van der Waals surface area contributed by atoms with E-state index in [0.717, 1.165) is 13.2 Å². The maximum atomic E-state index is 5.78. The maximum absolute atomic E-state index is 5.78. The van der Waals surface area contributed by atoms with Crippen molar-refractivity contribution in [1.82, 2.24) is 10.2 Å². The van der Waals surface area contributed by atoms with Gasteiger partial charge in [-0.05, 0) is 26.4 Å². The fourth-order valence-electron chi connectivity index (χ4n) is 2.45. The van der Waals surface area contributed by atoms with Gasteiger partial charge in [-0.3, -0.25) is 5.32 Å². The minimum Gasteiger partial charge on any atom is -0.359 e. The van der Waals surface area contributed by atoms with Crippen molar-refractivity contribution < 1.29 is 4.74 Å². The molecule has 84 valence electrons. The molecule has 14 heavy (non-hydrogen) atoms. The molecule has 2 fully saturated rings. The highest BCUT2D eigenvalue weighted by Crippen LogP contribution is 2.30. The van der Waals surface area contributed by atoms with Crippen LogP contribution in [-0.2, 0) is 4.74 Å². The topological polar surface area (TPSA) is 24.5 Å². The van der Waals surface area contributed by atoms with E-state index in [1.165, 1.54) is 26.1 Å². The Hall–Kier alpha value is 0.170. The molecule has 0 amide bonds. The van der Waals surface area contributed by atoms with E-state index >= 15 is 0 Å². The number of hydrogen-bond donors (Lipinski definition) is 1. The molecule has 0 radical (unpaired) electrons. The largest absolute Gasteiger partial charge is 0.359 e. The molecule has 2 heterocycles. The Morgan fingerprint density at radius 2 is 2.36 bits per heavy atom. The number of hydrogen-bond acceptors (Lipinski definition) is 3. The van der Waals surface area contributed by atoms with Crippen LogP contribution in [0, 0.1) is 5.92 Å².